The third-order valence-electron chi connectivity index (χ3n) is 8.15. The Kier molecular flexibility index (Phi) is 10.1. The molecule has 3 aliphatic rings. The molecule has 3 aliphatic heterocycles. The average molecular weight is 577 g/mol. The number of nitrogens with zero attached hydrogens (tertiary/aromatic N) is 4. The van der Waals surface area contributed by atoms with Crippen LogP contribution in [-0.2, 0) is 34.4 Å². The molecule has 3 saturated heterocycles. The Morgan fingerprint density at radius 3 is 2.20 bits per heavy atom. The number of rotatable bonds is 11. The van der Waals surface area contributed by atoms with E-state index in [1.807, 2.05) is 49.1 Å². The summed E-state index contributed by atoms with van der Waals surface area (Å²) in [6.45, 7) is 9.74. The lowest BCUT2D eigenvalue weighted by atomic mass is 9.96. The lowest BCUT2D eigenvalue weighted by Crippen LogP contribution is -2.66. The van der Waals surface area contributed by atoms with Gasteiger partial charge in [-0.15, -0.1) is 0 Å². The first kappa shape index (κ1) is 30.7. The van der Waals surface area contributed by atoms with Gasteiger partial charge in [0.2, 0.25) is 17.7 Å². The largest absolute Gasteiger partial charge is 0.340 e. The third-order valence-corrected chi connectivity index (χ3v) is 10.1. The van der Waals surface area contributed by atoms with Crippen molar-refractivity contribution in [3.63, 3.8) is 0 Å². The van der Waals surface area contributed by atoms with Gasteiger partial charge in [0.25, 0.3) is 0 Å². The molecule has 3 fully saturated rings. The predicted octanol–water partition coefficient (Wildman–Crippen LogP) is 3.21. The van der Waals surface area contributed by atoms with E-state index in [0.717, 1.165) is 31.5 Å². The fourth-order valence-corrected chi connectivity index (χ4v) is 7.86. The van der Waals surface area contributed by atoms with Crippen LogP contribution in [0, 0.1) is 5.92 Å². The number of benzene rings is 1. The van der Waals surface area contributed by atoms with Crippen LogP contribution in [0.3, 0.4) is 0 Å². The first-order valence-corrected chi connectivity index (χ1v) is 16.4. The molecule has 10 nitrogen and oxygen atoms in total. The molecule has 1 aromatic carbocycles. The van der Waals surface area contributed by atoms with Gasteiger partial charge in [-0.25, -0.2) is 0 Å². The Morgan fingerprint density at radius 1 is 1.00 bits per heavy atom. The molecule has 4 rings (SSSR count). The zero-order valence-corrected chi connectivity index (χ0v) is 25.4. The molecule has 0 unspecified atom stereocenters. The van der Waals surface area contributed by atoms with Crippen molar-refractivity contribution in [2.75, 3.05) is 46.1 Å². The summed E-state index contributed by atoms with van der Waals surface area (Å²) in [6.07, 6.45) is 1.43. The molecule has 40 heavy (non-hydrogen) atoms. The highest BCUT2D eigenvalue weighted by Gasteiger charge is 2.57. The summed E-state index contributed by atoms with van der Waals surface area (Å²) >= 11 is 0. The molecule has 0 saturated carbocycles. The number of hydrogen-bond acceptors (Lipinski definition) is 7. The van der Waals surface area contributed by atoms with Crippen molar-refractivity contribution in [1.29, 1.82) is 0 Å². The number of piperidine rings is 1. The smallest absolute Gasteiger partial charge is 0.334 e. The number of hydrogen-bond donors (Lipinski definition) is 0. The van der Waals surface area contributed by atoms with Gasteiger partial charge in [-0.2, -0.15) is 0 Å². The highest BCUT2D eigenvalue weighted by Crippen LogP contribution is 2.49. The number of likely N-dealkylation sites (tertiary alicyclic amines) is 1. The number of amides is 3. The van der Waals surface area contributed by atoms with Crippen LogP contribution < -0.4 is 0 Å². The number of carbonyl (C=O) groups is 3. The van der Waals surface area contributed by atoms with E-state index in [9.17, 15) is 18.9 Å². The van der Waals surface area contributed by atoms with Crippen molar-refractivity contribution in [3.8, 4) is 0 Å². The number of fused-ring (bicyclic) bond motifs is 1. The first-order chi connectivity index (χ1) is 19.1. The standard InChI is InChI=1S/C29H45N4O6P/c1-6-38-40(37,39-7-2)20-27(34)32-24(17-21(3)4)29(36)33-25(18-22-11-9-8-10-12-22)28(35)31(19-26(32)33)23-13-15-30(5)16-14-23/h8-12,21,23-26H,6-7,13-20H2,1-5H3/t24-,25+,26-/m1/s1. The van der Waals surface area contributed by atoms with Crippen LogP contribution in [0.5, 0.6) is 0 Å². The van der Waals surface area contributed by atoms with Crippen molar-refractivity contribution in [3.05, 3.63) is 35.9 Å². The summed E-state index contributed by atoms with van der Waals surface area (Å²) in [4.78, 5) is 49.6. The molecule has 3 heterocycles. The zero-order chi connectivity index (χ0) is 29.0. The molecule has 0 bridgehead atoms. The van der Waals surface area contributed by atoms with Crippen molar-refractivity contribution in [2.24, 2.45) is 5.92 Å². The zero-order valence-electron chi connectivity index (χ0n) is 24.5. The Hall–Kier alpha value is -2.26. The van der Waals surface area contributed by atoms with Crippen LogP contribution in [0.1, 0.15) is 52.5 Å². The van der Waals surface area contributed by atoms with Gasteiger partial charge < -0.3 is 28.6 Å². The average Bonchev–Trinajstić information content (AvgIpc) is 3.17. The second kappa shape index (κ2) is 13.1. The quantitative estimate of drug-likeness (QED) is 0.373. The van der Waals surface area contributed by atoms with Crippen LogP contribution in [0.2, 0.25) is 0 Å². The first-order valence-electron chi connectivity index (χ1n) is 14.6. The Labute approximate surface area is 238 Å². The lowest BCUT2D eigenvalue weighted by molar-refractivity contribution is -0.158. The van der Waals surface area contributed by atoms with E-state index in [0.29, 0.717) is 12.8 Å². The molecule has 1 aromatic rings. The van der Waals surface area contributed by atoms with Crippen molar-refractivity contribution >= 4 is 25.3 Å². The fraction of sp³-hybridized carbons (Fsp3) is 0.690. The van der Waals surface area contributed by atoms with Gasteiger partial charge in [0.1, 0.15) is 24.4 Å². The van der Waals surface area contributed by atoms with Crippen molar-refractivity contribution < 1.29 is 28.0 Å². The topological polar surface area (TPSA) is 99.7 Å². The minimum absolute atomic E-state index is 0.0401. The minimum Gasteiger partial charge on any atom is -0.334 e. The SMILES string of the molecule is CCOP(=O)(CC(=O)N1[C@H]2CN(C3CCN(C)CC3)C(=O)[C@H](Cc3ccccc3)N2C(=O)[C@H]1CC(C)C)OCC. The second-order valence-corrected chi connectivity index (χ2v) is 13.6. The van der Waals surface area contributed by atoms with E-state index in [2.05, 4.69) is 11.9 Å². The minimum atomic E-state index is -3.69. The Morgan fingerprint density at radius 2 is 1.62 bits per heavy atom. The van der Waals surface area contributed by atoms with Crippen LogP contribution in [-0.4, -0.2) is 108 Å². The van der Waals surface area contributed by atoms with E-state index in [-0.39, 0.29) is 43.5 Å². The van der Waals surface area contributed by atoms with Gasteiger partial charge in [0.05, 0.1) is 19.8 Å². The summed E-state index contributed by atoms with van der Waals surface area (Å²) in [7, 11) is -1.61. The van der Waals surface area contributed by atoms with Gasteiger partial charge in [-0.1, -0.05) is 44.2 Å². The van der Waals surface area contributed by atoms with Gasteiger partial charge in [0, 0.05) is 12.5 Å². The molecule has 0 radical (unpaired) electrons. The normalized spacial score (nSPS) is 24.8. The van der Waals surface area contributed by atoms with Gasteiger partial charge in [-0.3, -0.25) is 18.9 Å². The molecule has 222 valence electrons. The van der Waals surface area contributed by atoms with E-state index in [4.69, 9.17) is 9.05 Å². The Bertz CT molecular complexity index is 1080. The van der Waals surface area contributed by atoms with E-state index >= 15 is 0 Å². The van der Waals surface area contributed by atoms with Crippen LogP contribution in [0.15, 0.2) is 30.3 Å². The molecule has 3 atom stereocenters. The highest BCUT2D eigenvalue weighted by atomic mass is 31.2. The van der Waals surface area contributed by atoms with E-state index in [1.165, 1.54) is 0 Å². The molecular formula is C29H45N4O6P. The van der Waals surface area contributed by atoms with E-state index in [1.54, 1.807) is 23.6 Å². The lowest BCUT2D eigenvalue weighted by Gasteiger charge is -2.48. The highest BCUT2D eigenvalue weighted by molar-refractivity contribution is 7.54. The number of piperazine rings is 1. The molecule has 0 aliphatic carbocycles. The molecule has 11 heteroatoms. The van der Waals surface area contributed by atoms with Crippen molar-refractivity contribution in [1.82, 2.24) is 19.6 Å². The van der Waals surface area contributed by atoms with Crippen LogP contribution in [0.4, 0.5) is 0 Å². The summed E-state index contributed by atoms with van der Waals surface area (Å²) in [5, 5.41) is 0. The van der Waals surface area contributed by atoms with Crippen molar-refractivity contribution in [2.45, 2.75) is 77.7 Å². The summed E-state index contributed by atoms with van der Waals surface area (Å²) in [5.74, 6) is -0.584. The van der Waals surface area contributed by atoms with Crippen LogP contribution in [0.25, 0.3) is 0 Å². The van der Waals surface area contributed by atoms with Gasteiger partial charge >= 0.3 is 7.60 Å². The second-order valence-electron chi connectivity index (χ2n) is 11.5. The molecule has 3 amide bonds. The maximum atomic E-state index is 14.1. The maximum absolute atomic E-state index is 14.1. The molecular weight excluding hydrogens is 531 g/mol. The predicted molar refractivity (Wildman–Crippen MR) is 153 cm³/mol. The van der Waals surface area contributed by atoms with Gasteiger partial charge in [-0.05, 0) is 64.7 Å². The molecule has 0 N–H and O–H groups in total. The fourth-order valence-electron chi connectivity index (χ4n) is 6.32. The monoisotopic (exact) mass is 576 g/mol. The Balaban J connectivity index is 1.72. The van der Waals surface area contributed by atoms with Crippen LogP contribution >= 0.6 is 7.60 Å². The molecule has 0 spiro atoms. The number of carbonyl (C=O) groups excluding carboxylic acids is 3. The van der Waals surface area contributed by atoms with E-state index < -0.39 is 37.9 Å². The third kappa shape index (κ3) is 6.62. The summed E-state index contributed by atoms with van der Waals surface area (Å²) in [5.41, 5.74) is 0.958. The molecule has 0 aromatic heterocycles. The maximum Gasteiger partial charge on any atom is 0.340 e. The summed E-state index contributed by atoms with van der Waals surface area (Å²) < 4.78 is 24.3. The summed E-state index contributed by atoms with van der Waals surface area (Å²) in [6, 6.07) is 8.30. The van der Waals surface area contributed by atoms with Gasteiger partial charge in [0.15, 0.2) is 0 Å².